The van der Waals surface area contributed by atoms with Crippen LogP contribution >= 0.6 is 0 Å². The van der Waals surface area contributed by atoms with Crippen molar-refractivity contribution in [2.75, 3.05) is 13.1 Å². The number of amides is 1. The second-order valence-corrected chi connectivity index (χ2v) is 3.97. The Balaban J connectivity index is 3.14. The van der Waals surface area contributed by atoms with E-state index in [9.17, 15) is 9.59 Å². The first-order valence-corrected chi connectivity index (χ1v) is 6.21. The monoisotopic (exact) mass is 228 g/mol. The SMILES string of the molecule is NCCCCCC(=O)NCCCCCC=O. The van der Waals surface area contributed by atoms with Crippen molar-refractivity contribution in [2.24, 2.45) is 5.73 Å². The summed E-state index contributed by atoms with van der Waals surface area (Å²) in [5, 5.41) is 2.88. The van der Waals surface area contributed by atoms with Gasteiger partial charge in [-0.05, 0) is 32.2 Å². The topological polar surface area (TPSA) is 72.2 Å². The molecular weight excluding hydrogens is 204 g/mol. The fourth-order valence-corrected chi connectivity index (χ4v) is 1.45. The van der Waals surface area contributed by atoms with Crippen LogP contribution in [0, 0.1) is 0 Å². The lowest BCUT2D eigenvalue weighted by atomic mass is 10.2. The van der Waals surface area contributed by atoms with E-state index >= 15 is 0 Å². The van der Waals surface area contributed by atoms with E-state index in [1.54, 1.807) is 0 Å². The van der Waals surface area contributed by atoms with E-state index in [0.717, 1.165) is 51.4 Å². The first kappa shape index (κ1) is 15.1. The average molecular weight is 228 g/mol. The highest BCUT2D eigenvalue weighted by Gasteiger charge is 1.99. The summed E-state index contributed by atoms with van der Waals surface area (Å²) in [7, 11) is 0. The van der Waals surface area contributed by atoms with Gasteiger partial charge in [-0.3, -0.25) is 4.79 Å². The number of aldehydes is 1. The molecule has 4 heteroatoms. The molecule has 0 aliphatic heterocycles. The van der Waals surface area contributed by atoms with E-state index in [2.05, 4.69) is 5.32 Å². The number of nitrogens with one attached hydrogen (secondary N) is 1. The van der Waals surface area contributed by atoms with E-state index in [1.165, 1.54) is 0 Å². The van der Waals surface area contributed by atoms with E-state index in [4.69, 9.17) is 5.73 Å². The third-order valence-corrected chi connectivity index (χ3v) is 2.43. The first-order chi connectivity index (χ1) is 7.81. The van der Waals surface area contributed by atoms with Crippen LogP contribution in [-0.4, -0.2) is 25.3 Å². The highest BCUT2D eigenvalue weighted by atomic mass is 16.1. The fourth-order valence-electron chi connectivity index (χ4n) is 1.45. The predicted octanol–water partition coefficient (Wildman–Crippen LogP) is 1.38. The molecule has 0 saturated heterocycles. The number of carbonyl (C=O) groups excluding carboxylic acids is 2. The van der Waals surface area contributed by atoms with Gasteiger partial charge in [0, 0.05) is 19.4 Å². The summed E-state index contributed by atoms with van der Waals surface area (Å²) in [6.07, 6.45) is 8.03. The maximum atomic E-state index is 11.3. The molecule has 0 aromatic carbocycles. The van der Waals surface area contributed by atoms with Gasteiger partial charge in [0.2, 0.25) is 5.91 Å². The van der Waals surface area contributed by atoms with Crippen molar-refractivity contribution < 1.29 is 9.59 Å². The molecule has 94 valence electrons. The Hall–Kier alpha value is -0.900. The molecule has 0 aliphatic rings. The van der Waals surface area contributed by atoms with Gasteiger partial charge in [0.1, 0.15) is 6.29 Å². The normalized spacial score (nSPS) is 10.1. The summed E-state index contributed by atoms with van der Waals surface area (Å²) in [6.45, 7) is 1.44. The van der Waals surface area contributed by atoms with E-state index in [-0.39, 0.29) is 5.91 Å². The number of carbonyl (C=O) groups is 2. The third kappa shape index (κ3) is 11.2. The van der Waals surface area contributed by atoms with Gasteiger partial charge in [-0.15, -0.1) is 0 Å². The summed E-state index contributed by atoms with van der Waals surface area (Å²) in [6, 6.07) is 0. The van der Waals surface area contributed by atoms with Gasteiger partial charge in [0.15, 0.2) is 0 Å². The summed E-state index contributed by atoms with van der Waals surface area (Å²) in [5.74, 6) is 0.132. The number of unbranched alkanes of at least 4 members (excludes halogenated alkanes) is 5. The maximum absolute atomic E-state index is 11.3. The lowest BCUT2D eigenvalue weighted by molar-refractivity contribution is -0.121. The molecule has 0 atom stereocenters. The van der Waals surface area contributed by atoms with Crippen molar-refractivity contribution in [1.82, 2.24) is 5.32 Å². The standard InChI is InChI=1S/C12H24N2O2/c13-9-5-3-4-8-12(16)14-10-6-1-2-7-11-15/h11H,1-10,13H2,(H,14,16). The van der Waals surface area contributed by atoms with Gasteiger partial charge in [-0.1, -0.05) is 12.8 Å². The van der Waals surface area contributed by atoms with Crippen molar-refractivity contribution in [2.45, 2.75) is 51.4 Å². The van der Waals surface area contributed by atoms with E-state index in [1.807, 2.05) is 0 Å². The zero-order valence-electron chi connectivity index (χ0n) is 10.0. The van der Waals surface area contributed by atoms with Crippen LogP contribution in [0.3, 0.4) is 0 Å². The molecule has 0 unspecified atom stereocenters. The van der Waals surface area contributed by atoms with Gasteiger partial charge in [-0.25, -0.2) is 0 Å². The zero-order chi connectivity index (χ0) is 12.1. The minimum atomic E-state index is 0.132. The highest BCUT2D eigenvalue weighted by molar-refractivity contribution is 5.75. The van der Waals surface area contributed by atoms with Crippen molar-refractivity contribution >= 4 is 12.2 Å². The molecule has 0 aliphatic carbocycles. The molecule has 1 amide bonds. The van der Waals surface area contributed by atoms with Crippen molar-refractivity contribution in [3.05, 3.63) is 0 Å². The van der Waals surface area contributed by atoms with Gasteiger partial charge >= 0.3 is 0 Å². The molecule has 0 spiro atoms. The average Bonchev–Trinajstić information content (AvgIpc) is 2.29. The van der Waals surface area contributed by atoms with Gasteiger partial charge in [0.05, 0.1) is 0 Å². The summed E-state index contributed by atoms with van der Waals surface area (Å²) >= 11 is 0. The van der Waals surface area contributed by atoms with Crippen LogP contribution in [0.2, 0.25) is 0 Å². The molecule has 0 heterocycles. The molecule has 3 N–H and O–H groups in total. The second kappa shape index (κ2) is 12.2. The molecule has 16 heavy (non-hydrogen) atoms. The molecule has 0 fully saturated rings. The molecular formula is C12H24N2O2. The van der Waals surface area contributed by atoms with E-state index in [0.29, 0.717) is 19.4 Å². The van der Waals surface area contributed by atoms with Gasteiger partial charge in [-0.2, -0.15) is 0 Å². The Kier molecular flexibility index (Phi) is 11.5. The molecule has 0 aromatic heterocycles. The minimum Gasteiger partial charge on any atom is -0.356 e. The molecule has 0 saturated carbocycles. The van der Waals surface area contributed by atoms with Crippen LogP contribution < -0.4 is 11.1 Å². The Morgan fingerprint density at radius 1 is 1.06 bits per heavy atom. The Morgan fingerprint density at radius 3 is 2.50 bits per heavy atom. The number of nitrogens with two attached hydrogens (primary N) is 1. The van der Waals surface area contributed by atoms with Crippen LogP contribution in [0.5, 0.6) is 0 Å². The third-order valence-electron chi connectivity index (χ3n) is 2.43. The van der Waals surface area contributed by atoms with Crippen LogP contribution in [0.1, 0.15) is 51.4 Å². The summed E-state index contributed by atoms with van der Waals surface area (Å²) in [4.78, 5) is 21.3. The Bertz CT molecular complexity index is 184. The number of hydrogen-bond acceptors (Lipinski definition) is 3. The largest absolute Gasteiger partial charge is 0.356 e. The summed E-state index contributed by atoms with van der Waals surface area (Å²) in [5.41, 5.74) is 5.36. The van der Waals surface area contributed by atoms with Crippen LogP contribution in [-0.2, 0) is 9.59 Å². The summed E-state index contributed by atoms with van der Waals surface area (Å²) < 4.78 is 0. The Morgan fingerprint density at radius 2 is 1.81 bits per heavy atom. The lowest BCUT2D eigenvalue weighted by Gasteiger charge is -2.04. The van der Waals surface area contributed by atoms with Crippen LogP contribution in [0.15, 0.2) is 0 Å². The number of hydrogen-bond donors (Lipinski definition) is 2. The quantitative estimate of drug-likeness (QED) is 0.414. The number of rotatable bonds is 11. The highest BCUT2D eigenvalue weighted by Crippen LogP contribution is 1.99. The lowest BCUT2D eigenvalue weighted by Crippen LogP contribution is -2.24. The van der Waals surface area contributed by atoms with Crippen LogP contribution in [0.4, 0.5) is 0 Å². The maximum Gasteiger partial charge on any atom is 0.219 e. The van der Waals surface area contributed by atoms with Crippen molar-refractivity contribution in [3.8, 4) is 0 Å². The zero-order valence-corrected chi connectivity index (χ0v) is 10.0. The smallest absolute Gasteiger partial charge is 0.219 e. The molecule has 0 aromatic rings. The molecule has 0 rings (SSSR count). The van der Waals surface area contributed by atoms with E-state index < -0.39 is 0 Å². The van der Waals surface area contributed by atoms with Gasteiger partial charge in [0.25, 0.3) is 0 Å². The molecule has 0 bridgehead atoms. The second-order valence-electron chi connectivity index (χ2n) is 3.97. The first-order valence-electron chi connectivity index (χ1n) is 6.21. The van der Waals surface area contributed by atoms with Crippen molar-refractivity contribution in [3.63, 3.8) is 0 Å². The van der Waals surface area contributed by atoms with Gasteiger partial charge < -0.3 is 15.8 Å². The Labute approximate surface area is 98.0 Å². The molecule has 0 radical (unpaired) electrons. The van der Waals surface area contributed by atoms with Crippen molar-refractivity contribution in [1.29, 1.82) is 0 Å². The molecule has 4 nitrogen and oxygen atoms in total. The fraction of sp³-hybridized carbons (Fsp3) is 0.833. The predicted molar refractivity (Wildman–Crippen MR) is 65.1 cm³/mol. The van der Waals surface area contributed by atoms with Crippen LogP contribution in [0.25, 0.3) is 0 Å². The minimum absolute atomic E-state index is 0.132.